The monoisotopic (exact) mass is 298 g/mol. The van der Waals surface area contributed by atoms with Gasteiger partial charge in [0.1, 0.15) is 0 Å². The minimum atomic E-state index is 0. The molecule has 0 unspecified atom stereocenters. The topological polar surface area (TPSA) is 0 Å². The molecule has 0 aromatic heterocycles. The number of unbranched alkanes of at least 4 members (excludes halogenated alkanes) is 6. The van der Waals surface area contributed by atoms with Crippen molar-refractivity contribution in [2.24, 2.45) is 0 Å². The van der Waals surface area contributed by atoms with Crippen LogP contribution in [0.25, 0.3) is 0 Å². The Balaban J connectivity index is -0.0000000742. The molecule has 0 saturated heterocycles. The second-order valence-electron chi connectivity index (χ2n) is 3.12. The molecule has 0 aromatic rings. The van der Waals surface area contributed by atoms with Crippen molar-refractivity contribution in [3.8, 4) is 0 Å². The molecule has 0 radical (unpaired) electrons. The van der Waals surface area contributed by atoms with Crippen molar-refractivity contribution in [3.63, 3.8) is 0 Å². The first-order valence-corrected chi connectivity index (χ1v) is 7.25. The summed E-state index contributed by atoms with van der Waals surface area (Å²) in [6.45, 7) is 11.7. The first-order valence-electron chi connectivity index (χ1n) is 5.62. The van der Waals surface area contributed by atoms with Gasteiger partial charge >= 0.3 is 19.5 Å². The molecule has 0 spiro atoms. The maximum Gasteiger partial charge on any atom is 2.00 e. The van der Waals surface area contributed by atoms with Gasteiger partial charge in [-0.05, 0) is 8.02 Å². The van der Waals surface area contributed by atoms with Crippen LogP contribution in [0.1, 0.15) is 65.2 Å². The van der Waals surface area contributed by atoms with E-state index in [9.17, 15) is 0 Å². The zero-order valence-corrected chi connectivity index (χ0v) is 15.5. The maximum atomic E-state index is 3.89. The summed E-state index contributed by atoms with van der Waals surface area (Å²) in [7, 11) is 2.56. The number of rotatable bonds is 6. The van der Waals surface area contributed by atoms with Crippen molar-refractivity contribution >= 4 is 19.8 Å². The SMILES string of the molecule is P=S.[CH2-]CCC.[CH2-]CCCCCCC.[Zn+2]. The van der Waals surface area contributed by atoms with Gasteiger partial charge in [-0.3, -0.25) is 0 Å². The van der Waals surface area contributed by atoms with Crippen molar-refractivity contribution in [1.29, 1.82) is 0 Å². The van der Waals surface area contributed by atoms with Crippen LogP contribution in [0.4, 0.5) is 0 Å². The Bertz CT molecular complexity index is 64.6. The van der Waals surface area contributed by atoms with E-state index in [1.807, 2.05) is 0 Å². The van der Waals surface area contributed by atoms with E-state index >= 15 is 0 Å². The first kappa shape index (κ1) is 25.1. The van der Waals surface area contributed by atoms with Crippen LogP contribution in [0, 0.1) is 13.8 Å². The maximum absolute atomic E-state index is 3.89. The molecule has 0 bridgehead atoms. The van der Waals surface area contributed by atoms with Gasteiger partial charge < -0.3 is 13.8 Å². The van der Waals surface area contributed by atoms with Gasteiger partial charge in [0.2, 0.25) is 0 Å². The molecule has 0 N–H and O–H groups in total. The van der Waals surface area contributed by atoms with Gasteiger partial charge in [-0.2, -0.15) is 12.8 Å². The van der Waals surface area contributed by atoms with Crippen molar-refractivity contribution in [3.05, 3.63) is 13.8 Å². The third kappa shape index (κ3) is 51.3. The third-order valence-electron chi connectivity index (χ3n) is 1.71. The van der Waals surface area contributed by atoms with Gasteiger partial charge in [-0.25, -0.2) is 0 Å². The molecule has 0 saturated carbocycles. The van der Waals surface area contributed by atoms with E-state index in [0.717, 1.165) is 12.8 Å². The van der Waals surface area contributed by atoms with Gasteiger partial charge in [0.15, 0.2) is 0 Å². The van der Waals surface area contributed by atoms with Crippen molar-refractivity contribution in [2.75, 3.05) is 0 Å². The Morgan fingerprint density at radius 1 is 0.800 bits per heavy atom. The molecule has 0 rings (SSSR count). The largest absolute Gasteiger partial charge is 2.00 e. The van der Waals surface area contributed by atoms with Gasteiger partial charge in [0.25, 0.3) is 0 Å². The van der Waals surface area contributed by atoms with Gasteiger partial charge in [0.05, 0.1) is 0 Å². The van der Waals surface area contributed by atoms with E-state index in [1.54, 1.807) is 0 Å². The minimum Gasteiger partial charge on any atom is -0.343 e. The Hall–Kier alpha value is 1.14. The normalized spacial score (nSPS) is 7.47. The second kappa shape index (κ2) is 36.2. The van der Waals surface area contributed by atoms with Crippen molar-refractivity contribution < 1.29 is 19.5 Å². The van der Waals surface area contributed by atoms with Gasteiger partial charge in [-0.15, -0.1) is 0 Å². The van der Waals surface area contributed by atoms with Gasteiger partial charge in [0, 0.05) is 0 Å². The molecule has 0 fully saturated rings. The summed E-state index contributed by atoms with van der Waals surface area (Å²) in [5, 5.41) is 0. The summed E-state index contributed by atoms with van der Waals surface area (Å²) in [6.07, 6.45) is 10.3. The summed E-state index contributed by atoms with van der Waals surface area (Å²) < 4.78 is 0. The summed E-state index contributed by atoms with van der Waals surface area (Å²) in [6, 6.07) is 0. The predicted octanol–water partition coefficient (Wildman–Crippen LogP) is 5.39. The Labute approximate surface area is 118 Å². The molecule has 15 heavy (non-hydrogen) atoms. The van der Waals surface area contributed by atoms with E-state index in [1.165, 1.54) is 38.5 Å². The molecule has 88 valence electrons. The Morgan fingerprint density at radius 2 is 1.20 bits per heavy atom. The smallest absolute Gasteiger partial charge is 0.343 e. The quantitative estimate of drug-likeness (QED) is 0.274. The molecular formula is C12H27PSZn. The fourth-order valence-corrected chi connectivity index (χ4v) is 0.780. The van der Waals surface area contributed by atoms with Crippen LogP contribution < -0.4 is 0 Å². The van der Waals surface area contributed by atoms with E-state index in [4.69, 9.17) is 0 Å². The average Bonchev–Trinajstić information content (AvgIpc) is 2.28. The number of hydrogen-bond acceptors (Lipinski definition) is 1. The summed E-state index contributed by atoms with van der Waals surface area (Å²) in [4.78, 5) is 0. The van der Waals surface area contributed by atoms with Crippen molar-refractivity contribution in [1.82, 2.24) is 0 Å². The Morgan fingerprint density at radius 3 is 1.47 bits per heavy atom. The van der Waals surface area contributed by atoms with Crippen molar-refractivity contribution in [2.45, 2.75) is 65.2 Å². The molecule has 0 aromatic carbocycles. The molecule has 0 heterocycles. The van der Waals surface area contributed by atoms with Crippen LogP contribution in [0.15, 0.2) is 0 Å². The van der Waals surface area contributed by atoms with Crippen LogP contribution in [0.2, 0.25) is 0 Å². The van der Waals surface area contributed by atoms with Gasteiger partial charge in [-0.1, -0.05) is 64.2 Å². The first-order chi connectivity index (χ1) is 6.83. The molecule has 0 amide bonds. The number of hydrogen-bond donors (Lipinski definition) is 0. The molecule has 3 heteroatoms. The molecule has 0 aliphatic heterocycles. The van der Waals surface area contributed by atoms with Crippen LogP contribution >= 0.6 is 8.02 Å². The summed E-state index contributed by atoms with van der Waals surface area (Å²) in [5.74, 6) is 0. The molecule has 0 aliphatic rings. The van der Waals surface area contributed by atoms with E-state index in [2.05, 4.69) is 47.5 Å². The summed E-state index contributed by atoms with van der Waals surface area (Å²) >= 11 is 3.89. The van der Waals surface area contributed by atoms with E-state index in [-0.39, 0.29) is 19.5 Å². The van der Waals surface area contributed by atoms with Crippen LogP contribution in [0.5, 0.6) is 0 Å². The zero-order chi connectivity index (χ0) is 11.7. The summed E-state index contributed by atoms with van der Waals surface area (Å²) in [5.41, 5.74) is 0. The second-order valence-corrected chi connectivity index (χ2v) is 3.12. The van der Waals surface area contributed by atoms with Crippen LogP contribution in [-0.2, 0) is 31.3 Å². The average molecular weight is 300 g/mol. The standard InChI is InChI=1S/C8H17.C4H9.HPS.Zn/c1-3-5-7-8-6-4-2;1-3-4-2;1-2;/h1,3-8H2,2H3;1,3-4H2,2H3;1H;/q2*-1;;+2. The molecular weight excluding hydrogens is 273 g/mol. The van der Waals surface area contributed by atoms with Crippen LogP contribution in [0.3, 0.4) is 0 Å². The van der Waals surface area contributed by atoms with E-state index in [0.29, 0.717) is 0 Å². The van der Waals surface area contributed by atoms with E-state index < -0.39 is 0 Å². The van der Waals surface area contributed by atoms with Crippen LogP contribution in [-0.4, -0.2) is 0 Å². The molecule has 0 nitrogen and oxygen atoms in total. The fourth-order valence-electron chi connectivity index (χ4n) is 0.780. The third-order valence-corrected chi connectivity index (χ3v) is 1.71. The Kier molecular flexibility index (Phi) is 60.6. The fraction of sp³-hybridized carbons (Fsp3) is 0.833. The predicted molar refractivity (Wildman–Crippen MR) is 74.7 cm³/mol. The zero-order valence-electron chi connectivity index (χ0n) is 10.7. The minimum absolute atomic E-state index is 0. The molecule has 0 aliphatic carbocycles. The molecule has 0 atom stereocenters.